The number of carbonyl (C=O) groups is 1. The molecule has 0 heterocycles. The van der Waals surface area contributed by atoms with Gasteiger partial charge in [-0.15, -0.1) is 0 Å². The van der Waals surface area contributed by atoms with Crippen molar-refractivity contribution in [2.24, 2.45) is 5.73 Å². The molecule has 3 N–H and O–H groups in total. The first kappa shape index (κ1) is 13.3. The van der Waals surface area contributed by atoms with Crippen LogP contribution in [0, 0.1) is 5.82 Å². The summed E-state index contributed by atoms with van der Waals surface area (Å²) in [4.78, 5) is 10.4. The van der Waals surface area contributed by atoms with Crippen LogP contribution in [0.2, 0.25) is 0 Å². The molecule has 0 aliphatic heterocycles. The number of hydrogen-bond donors (Lipinski definition) is 2. The van der Waals surface area contributed by atoms with Crippen LogP contribution >= 0.6 is 0 Å². The topological polar surface area (TPSA) is 55.1 Å². The van der Waals surface area contributed by atoms with Crippen molar-refractivity contribution in [3.63, 3.8) is 0 Å². The quantitative estimate of drug-likeness (QED) is 0.804. The average molecular weight is 250 g/mol. The number of alkyl halides is 3. The van der Waals surface area contributed by atoms with Gasteiger partial charge in [0, 0.05) is 18.7 Å². The summed E-state index contributed by atoms with van der Waals surface area (Å²) in [5, 5.41) is 2.55. The molecule has 1 aromatic rings. The van der Waals surface area contributed by atoms with Gasteiger partial charge in [-0.25, -0.2) is 4.39 Å². The lowest BCUT2D eigenvalue weighted by Crippen LogP contribution is -2.16. The van der Waals surface area contributed by atoms with E-state index in [-0.39, 0.29) is 18.7 Å². The Hall–Kier alpha value is -1.79. The van der Waals surface area contributed by atoms with E-state index in [1.807, 2.05) is 0 Å². The fourth-order valence-corrected chi connectivity index (χ4v) is 1.18. The third kappa shape index (κ3) is 3.93. The zero-order valence-electron chi connectivity index (χ0n) is 8.64. The van der Waals surface area contributed by atoms with E-state index >= 15 is 0 Å². The molecule has 0 bridgehead atoms. The first-order chi connectivity index (χ1) is 7.80. The van der Waals surface area contributed by atoms with Crippen LogP contribution in [0.4, 0.5) is 23.2 Å². The number of nitrogens with one attached hydrogen (secondary N) is 1. The second-order valence-corrected chi connectivity index (χ2v) is 3.34. The Morgan fingerprint density at radius 1 is 1.35 bits per heavy atom. The summed E-state index contributed by atoms with van der Waals surface area (Å²) in [5.41, 5.74) is 3.60. The van der Waals surface area contributed by atoms with E-state index < -0.39 is 23.5 Å². The van der Waals surface area contributed by atoms with Gasteiger partial charge >= 0.3 is 6.18 Å². The van der Waals surface area contributed by atoms with Crippen molar-refractivity contribution in [2.45, 2.75) is 12.6 Å². The highest BCUT2D eigenvalue weighted by Gasteiger charge is 2.34. The molecule has 7 heteroatoms. The van der Waals surface area contributed by atoms with E-state index in [1.54, 1.807) is 0 Å². The first-order valence-corrected chi connectivity index (χ1v) is 4.69. The van der Waals surface area contributed by atoms with Crippen molar-refractivity contribution in [1.82, 2.24) is 0 Å². The van der Waals surface area contributed by atoms with Gasteiger partial charge in [-0.3, -0.25) is 4.79 Å². The summed E-state index contributed by atoms with van der Waals surface area (Å²) in [7, 11) is 0. The van der Waals surface area contributed by atoms with Crippen LogP contribution in [-0.4, -0.2) is 12.5 Å². The van der Waals surface area contributed by atoms with Crippen molar-refractivity contribution < 1.29 is 22.4 Å². The number of nitrogens with two attached hydrogens (primary N) is 1. The second kappa shape index (κ2) is 5.03. The number of rotatable bonds is 4. The molecule has 1 rings (SSSR count). The van der Waals surface area contributed by atoms with Gasteiger partial charge < -0.3 is 11.1 Å². The van der Waals surface area contributed by atoms with E-state index in [9.17, 15) is 22.4 Å². The Kier molecular flexibility index (Phi) is 3.93. The Labute approximate surface area is 94.6 Å². The lowest BCUT2D eigenvalue weighted by atomic mass is 10.2. The molecule has 0 aliphatic rings. The highest BCUT2D eigenvalue weighted by atomic mass is 19.4. The van der Waals surface area contributed by atoms with Crippen LogP contribution in [0.25, 0.3) is 0 Å². The minimum atomic E-state index is -4.74. The van der Waals surface area contributed by atoms with Gasteiger partial charge in [0.15, 0.2) is 0 Å². The Morgan fingerprint density at radius 2 is 2.00 bits per heavy atom. The molecular formula is C10H10F4N2O. The SMILES string of the molecule is NC(=O)CCNc1ccc(F)c(C(F)(F)F)c1. The zero-order chi connectivity index (χ0) is 13.1. The highest BCUT2D eigenvalue weighted by Crippen LogP contribution is 2.32. The molecule has 0 saturated carbocycles. The summed E-state index contributed by atoms with van der Waals surface area (Å²) in [6, 6.07) is 2.53. The highest BCUT2D eigenvalue weighted by molar-refractivity contribution is 5.74. The molecule has 0 unspecified atom stereocenters. The normalized spacial score (nSPS) is 11.3. The minimum absolute atomic E-state index is 0.0152. The van der Waals surface area contributed by atoms with Crippen LogP contribution in [-0.2, 0) is 11.0 Å². The van der Waals surface area contributed by atoms with Gasteiger partial charge in [0.1, 0.15) is 5.82 Å². The summed E-state index contributed by atoms with van der Waals surface area (Å²) in [6.07, 6.45) is -4.76. The predicted octanol–water partition coefficient (Wildman–Crippen LogP) is 2.13. The Morgan fingerprint density at radius 3 is 2.53 bits per heavy atom. The average Bonchev–Trinajstić information content (AvgIpc) is 2.18. The molecule has 0 fully saturated rings. The lowest BCUT2D eigenvalue weighted by molar-refractivity contribution is -0.140. The number of benzene rings is 1. The molecule has 0 atom stereocenters. The monoisotopic (exact) mass is 250 g/mol. The maximum absolute atomic E-state index is 12.9. The third-order valence-electron chi connectivity index (χ3n) is 1.97. The summed E-state index contributed by atoms with van der Waals surface area (Å²) in [6.45, 7) is 0.0955. The smallest absolute Gasteiger partial charge is 0.385 e. The van der Waals surface area contributed by atoms with Crippen molar-refractivity contribution in [1.29, 1.82) is 0 Å². The summed E-state index contributed by atoms with van der Waals surface area (Å²) in [5.74, 6) is -1.91. The maximum Gasteiger partial charge on any atom is 0.419 e. The van der Waals surface area contributed by atoms with Crippen LogP contribution < -0.4 is 11.1 Å². The molecule has 94 valence electrons. The Bertz CT molecular complexity index is 417. The Balaban J connectivity index is 2.79. The standard InChI is InChI=1S/C10H10F4N2O/c11-8-2-1-6(16-4-3-9(15)17)5-7(8)10(12,13)14/h1-2,5,16H,3-4H2,(H2,15,17). The van der Waals surface area contributed by atoms with E-state index in [1.165, 1.54) is 0 Å². The van der Waals surface area contributed by atoms with E-state index in [2.05, 4.69) is 5.32 Å². The molecule has 0 radical (unpaired) electrons. The predicted molar refractivity (Wildman–Crippen MR) is 53.7 cm³/mol. The van der Waals surface area contributed by atoms with Crippen molar-refractivity contribution in [3.8, 4) is 0 Å². The van der Waals surface area contributed by atoms with Crippen molar-refractivity contribution in [2.75, 3.05) is 11.9 Å². The third-order valence-corrected chi connectivity index (χ3v) is 1.97. The van der Waals surface area contributed by atoms with Crippen LogP contribution in [0.15, 0.2) is 18.2 Å². The van der Waals surface area contributed by atoms with Gasteiger partial charge in [-0.2, -0.15) is 13.2 Å². The van der Waals surface area contributed by atoms with Crippen LogP contribution in [0.3, 0.4) is 0 Å². The van der Waals surface area contributed by atoms with E-state index in [4.69, 9.17) is 5.73 Å². The molecular weight excluding hydrogens is 240 g/mol. The number of hydrogen-bond acceptors (Lipinski definition) is 2. The molecule has 0 saturated heterocycles. The molecule has 17 heavy (non-hydrogen) atoms. The molecule has 1 aromatic carbocycles. The van der Waals surface area contributed by atoms with Gasteiger partial charge in [-0.1, -0.05) is 0 Å². The van der Waals surface area contributed by atoms with Gasteiger partial charge in [0.2, 0.25) is 5.91 Å². The number of primary amides is 1. The van der Waals surface area contributed by atoms with Gasteiger partial charge in [0.25, 0.3) is 0 Å². The van der Waals surface area contributed by atoms with Gasteiger partial charge in [-0.05, 0) is 18.2 Å². The molecule has 0 aliphatic carbocycles. The summed E-state index contributed by atoms with van der Waals surface area (Å²) >= 11 is 0. The van der Waals surface area contributed by atoms with Gasteiger partial charge in [0.05, 0.1) is 5.56 Å². The maximum atomic E-state index is 12.9. The number of anilines is 1. The number of halogens is 4. The first-order valence-electron chi connectivity index (χ1n) is 4.69. The van der Waals surface area contributed by atoms with Crippen LogP contribution in [0.5, 0.6) is 0 Å². The number of carbonyl (C=O) groups excluding carboxylic acids is 1. The van der Waals surface area contributed by atoms with E-state index in [0.29, 0.717) is 6.07 Å². The fourth-order valence-electron chi connectivity index (χ4n) is 1.18. The zero-order valence-corrected chi connectivity index (χ0v) is 8.64. The van der Waals surface area contributed by atoms with E-state index in [0.717, 1.165) is 12.1 Å². The van der Waals surface area contributed by atoms with Crippen molar-refractivity contribution in [3.05, 3.63) is 29.6 Å². The largest absolute Gasteiger partial charge is 0.419 e. The molecule has 0 aromatic heterocycles. The second-order valence-electron chi connectivity index (χ2n) is 3.34. The fraction of sp³-hybridized carbons (Fsp3) is 0.300. The minimum Gasteiger partial charge on any atom is -0.385 e. The molecule has 1 amide bonds. The van der Waals surface area contributed by atoms with Crippen molar-refractivity contribution >= 4 is 11.6 Å². The summed E-state index contributed by atoms with van der Waals surface area (Å²) < 4.78 is 49.9. The molecule has 3 nitrogen and oxygen atoms in total. The molecule has 0 spiro atoms. The lowest BCUT2D eigenvalue weighted by Gasteiger charge is -2.11. The number of amides is 1. The van der Waals surface area contributed by atoms with Crippen LogP contribution in [0.1, 0.15) is 12.0 Å².